The van der Waals surface area contributed by atoms with Crippen LogP contribution in [-0.4, -0.2) is 28.1 Å². The second-order valence-electron chi connectivity index (χ2n) is 7.60. The number of methoxy groups -OCH3 is 1. The highest BCUT2D eigenvalue weighted by molar-refractivity contribution is 6.00. The van der Waals surface area contributed by atoms with E-state index in [-0.39, 0.29) is 5.69 Å². The molecule has 3 aromatic rings. The Kier molecular flexibility index (Phi) is 7.01. The molecule has 0 saturated carbocycles. The van der Waals surface area contributed by atoms with E-state index in [0.717, 1.165) is 24.6 Å². The molecule has 10 heteroatoms. The lowest BCUT2D eigenvalue weighted by Crippen LogP contribution is -2.21. The van der Waals surface area contributed by atoms with Crippen LogP contribution in [0, 0.1) is 5.92 Å². The van der Waals surface area contributed by atoms with Crippen LogP contribution in [-0.2, 0) is 12.6 Å². The number of anilines is 2. The molecule has 2 N–H and O–H groups in total. The molecule has 0 spiro atoms. The molecule has 170 valence electrons. The number of rotatable bonds is 7. The summed E-state index contributed by atoms with van der Waals surface area (Å²) in [6.07, 6.45) is -0.973. The van der Waals surface area contributed by atoms with Gasteiger partial charge in [-0.1, -0.05) is 31.2 Å². The minimum atomic E-state index is -4.58. The Morgan fingerprint density at radius 1 is 1.16 bits per heavy atom. The Morgan fingerprint density at radius 3 is 2.59 bits per heavy atom. The Bertz CT molecular complexity index is 1080. The molecule has 0 bridgehead atoms. The second-order valence-corrected chi connectivity index (χ2v) is 7.60. The molecule has 0 aliphatic rings. The second kappa shape index (κ2) is 9.71. The van der Waals surface area contributed by atoms with Gasteiger partial charge in [-0.15, -0.1) is 5.10 Å². The van der Waals surface area contributed by atoms with Crippen LogP contribution < -0.4 is 15.4 Å². The molecule has 7 nitrogen and oxygen atoms in total. The number of carbonyl (C=O) groups is 1. The Labute approximate surface area is 183 Å². The van der Waals surface area contributed by atoms with E-state index < -0.39 is 17.8 Å². The van der Waals surface area contributed by atoms with Gasteiger partial charge in [0.05, 0.1) is 30.3 Å². The van der Waals surface area contributed by atoms with Gasteiger partial charge in [0.25, 0.3) is 0 Å². The van der Waals surface area contributed by atoms with E-state index in [2.05, 4.69) is 34.8 Å². The van der Waals surface area contributed by atoms with Gasteiger partial charge in [-0.3, -0.25) is 0 Å². The highest BCUT2D eigenvalue weighted by atomic mass is 19.4. The first-order valence-electron chi connectivity index (χ1n) is 10.0. The lowest BCUT2D eigenvalue weighted by molar-refractivity contribution is -0.136. The van der Waals surface area contributed by atoms with E-state index in [0.29, 0.717) is 23.0 Å². The first kappa shape index (κ1) is 23.1. The normalized spacial score (nSPS) is 11.5. The fraction of sp³-hybridized carbons (Fsp3) is 0.318. The van der Waals surface area contributed by atoms with Gasteiger partial charge in [0, 0.05) is 11.8 Å². The summed E-state index contributed by atoms with van der Waals surface area (Å²) in [5, 5.41) is 13.1. The monoisotopic (exact) mass is 447 g/mol. The standard InChI is InChI=1S/C22H24F3N5O2/c1-14(2)8-9-16-13-30(29-28-16)19-11-10-15(12-20(19)32-3)26-21(31)27-18-7-5-4-6-17(18)22(23,24)25/h4-7,10-14H,8-9H2,1-3H3,(H2,26,27,31). The average Bonchev–Trinajstić information content (AvgIpc) is 3.20. The van der Waals surface area contributed by atoms with Gasteiger partial charge in [-0.2, -0.15) is 13.2 Å². The minimum absolute atomic E-state index is 0.336. The summed E-state index contributed by atoms with van der Waals surface area (Å²) in [6, 6.07) is 8.79. The molecule has 2 aromatic carbocycles. The van der Waals surface area contributed by atoms with Crippen LogP contribution in [0.4, 0.5) is 29.3 Å². The number of nitrogens with zero attached hydrogens (tertiary/aromatic N) is 3. The lowest BCUT2D eigenvalue weighted by atomic mass is 10.1. The maximum Gasteiger partial charge on any atom is 0.418 e. The van der Waals surface area contributed by atoms with Crippen LogP contribution in [0.15, 0.2) is 48.7 Å². The molecule has 1 aromatic heterocycles. The third kappa shape index (κ3) is 5.77. The van der Waals surface area contributed by atoms with Gasteiger partial charge in [0.2, 0.25) is 0 Å². The van der Waals surface area contributed by atoms with Crippen molar-refractivity contribution in [3.8, 4) is 11.4 Å². The van der Waals surface area contributed by atoms with E-state index in [1.807, 2.05) is 6.20 Å². The summed E-state index contributed by atoms with van der Waals surface area (Å²) in [4.78, 5) is 12.3. The number of amides is 2. The molecule has 0 fully saturated rings. The third-order valence-corrected chi connectivity index (χ3v) is 4.68. The van der Waals surface area contributed by atoms with Crippen LogP contribution in [0.25, 0.3) is 5.69 Å². The predicted molar refractivity (Wildman–Crippen MR) is 115 cm³/mol. The number of halogens is 3. The molecule has 0 aliphatic carbocycles. The molecule has 0 radical (unpaired) electrons. The summed E-state index contributed by atoms with van der Waals surface area (Å²) in [5.74, 6) is 0.966. The largest absolute Gasteiger partial charge is 0.494 e. The van der Waals surface area contributed by atoms with Crippen molar-refractivity contribution >= 4 is 17.4 Å². The minimum Gasteiger partial charge on any atom is -0.494 e. The van der Waals surface area contributed by atoms with Gasteiger partial charge in [-0.25, -0.2) is 9.48 Å². The Balaban J connectivity index is 1.74. The maximum atomic E-state index is 13.1. The van der Waals surface area contributed by atoms with E-state index in [1.54, 1.807) is 22.9 Å². The molecular weight excluding hydrogens is 423 g/mol. The van der Waals surface area contributed by atoms with Crippen molar-refractivity contribution in [1.82, 2.24) is 15.0 Å². The van der Waals surface area contributed by atoms with Gasteiger partial charge >= 0.3 is 12.2 Å². The molecule has 32 heavy (non-hydrogen) atoms. The summed E-state index contributed by atoms with van der Waals surface area (Å²) in [7, 11) is 1.47. The molecule has 3 rings (SSSR count). The first-order chi connectivity index (χ1) is 15.2. The van der Waals surface area contributed by atoms with Crippen LogP contribution in [0.5, 0.6) is 5.75 Å². The van der Waals surface area contributed by atoms with Gasteiger partial charge in [0.1, 0.15) is 11.4 Å². The highest BCUT2D eigenvalue weighted by Crippen LogP contribution is 2.34. The van der Waals surface area contributed by atoms with Crippen molar-refractivity contribution in [2.45, 2.75) is 32.9 Å². The van der Waals surface area contributed by atoms with Gasteiger partial charge in [0.15, 0.2) is 0 Å². The Hall–Kier alpha value is -3.56. The first-order valence-corrected chi connectivity index (χ1v) is 10.0. The fourth-order valence-corrected chi connectivity index (χ4v) is 3.04. The molecule has 0 aliphatic heterocycles. The average molecular weight is 447 g/mol. The molecular formula is C22H24F3N5O2. The number of alkyl halides is 3. The molecule has 0 unspecified atom stereocenters. The molecule has 1 heterocycles. The predicted octanol–water partition coefficient (Wildman–Crippen LogP) is 5.53. The number of ether oxygens (including phenoxy) is 1. The molecule has 2 amide bonds. The van der Waals surface area contributed by atoms with Gasteiger partial charge < -0.3 is 15.4 Å². The Morgan fingerprint density at radius 2 is 1.91 bits per heavy atom. The zero-order valence-electron chi connectivity index (χ0n) is 17.9. The lowest BCUT2D eigenvalue weighted by Gasteiger charge is -2.15. The number of hydrogen-bond donors (Lipinski definition) is 2. The van der Waals surface area contributed by atoms with E-state index >= 15 is 0 Å². The number of urea groups is 1. The molecule has 0 atom stereocenters. The summed E-state index contributed by atoms with van der Waals surface area (Å²) >= 11 is 0. The van der Waals surface area contributed by atoms with Crippen molar-refractivity contribution < 1.29 is 22.7 Å². The molecule has 0 saturated heterocycles. The topological polar surface area (TPSA) is 81.1 Å². The quantitative estimate of drug-likeness (QED) is 0.499. The number of aromatic nitrogens is 3. The SMILES string of the molecule is COc1cc(NC(=O)Nc2ccccc2C(F)(F)F)ccc1-n1cc(CCC(C)C)nn1. The highest BCUT2D eigenvalue weighted by Gasteiger charge is 2.33. The van der Waals surface area contributed by atoms with Crippen LogP contribution >= 0.6 is 0 Å². The van der Waals surface area contributed by atoms with Crippen LogP contribution in [0.2, 0.25) is 0 Å². The van der Waals surface area contributed by atoms with E-state index in [4.69, 9.17) is 4.74 Å². The maximum absolute atomic E-state index is 13.1. The smallest absolute Gasteiger partial charge is 0.418 e. The summed E-state index contributed by atoms with van der Waals surface area (Å²) in [6.45, 7) is 4.27. The summed E-state index contributed by atoms with van der Waals surface area (Å²) < 4.78 is 46.3. The zero-order valence-corrected chi connectivity index (χ0v) is 17.9. The number of benzene rings is 2. The van der Waals surface area contributed by atoms with Crippen molar-refractivity contribution in [1.29, 1.82) is 0 Å². The fourth-order valence-electron chi connectivity index (χ4n) is 3.04. The van der Waals surface area contributed by atoms with E-state index in [9.17, 15) is 18.0 Å². The number of para-hydroxylation sites is 1. The van der Waals surface area contributed by atoms with E-state index in [1.165, 1.54) is 25.3 Å². The third-order valence-electron chi connectivity index (χ3n) is 4.68. The van der Waals surface area contributed by atoms with Gasteiger partial charge in [-0.05, 0) is 43.0 Å². The van der Waals surface area contributed by atoms with Crippen LogP contribution in [0.1, 0.15) is 31.5 Å². The summed E-state index contributed by atoms with van der Waals surface area (Å²) in [5.41, 5.74) is 0.544. The van der Waals surface area contributed by atoms with Crippen LogP contribution in [0.3, 0.4) is 0 Å². The number of hydrogen-bond acceptors (Lipinski definition) is 4. The van der Waals surface area contributed by atoms with Crippen molar-refractivity contribution in [3.05, 3.63) is 59.9 Å². The van der Waals surface area contributed by atoms with Crippen molar-refractivity contribution in [2.24, 2.45) is 5.92 Å². The van der Waals surface area contributed by atoms with Crippen molar-refractivity contribution in [2.75, 3.05) is 17.7 Å². The van der Waals surface area contributed by atoms with Crippen molar-refractivity contribution in [3.63, 3.8) is 0 Å². The number of aryl methyl sites for hydroxylation is 1. The number of nitrogens with one attached hydrogen (secondary N) is 2. The number of carbonyl (C=O) groups excluding carboxylic acids is 1. The zero-order chi connectivity index (χ0) is 23.3.